The Kier molecular flexibility index (Phi) is 3.94. The van der Waals surface area contributed by atoms with Crippen LogP contribution in [0.4, 0.5) is 0 Å². The van der Waals surface area contributed by atoms with Crippen LogP contribution in [0.15, 0.2) is 4.99 Å². The molecule has 6 nitrogen and oxygen atoms in total. The van der Waals surface area contributed by atoms with Gasteiger partial charge in [0, 0.05) is 13.1 Å². The molecule has 0 aliphatic carbocycles. The molecule has 0 unspecified atom stereocenters. The number of fused-ring (bicyclic) bond motifs is 1. The zero-order valence-corrected chi connectivity index (χ0v) is 10.9. The molecule has 0 spiro atoms. The number of thioether (sulfide) groups is 1. The molecule has 0 aromatic rings. The van der Waals surface area contributed by atoms with Gasteiger partial charge in [-0.25, -0.2) is 0 Å². The molecule has 17 heavy (non-hydrogen) atoms. The van der Waals surface area contributed by atoms with Crippen LogP contribution < -0.4 is 10.6 Å². The molecule has 0 radical (unpaired) electrons. The van der Waals surface area contributed by atoms with E-state index in [4.69, 9.17) is 4.74 Å². The second kappa shape index (κ2) is 5.11. The molecule has 2 rings (SSSR count). The number of ether oxygens (including phenoxy) is 1. The lowest BCUT2D eigenvalue weighted by Crippen LogP contribution is -2.62. The van der Waals surface area contributed by atoms with Crippen molar-refractivity contribution in [2.45, 2.75) is 42.8 Å². The zero-order valence-electron chi connectivity index (χ0n) is 10.1. The maximum atomic E-state index is 10.1. The van der Waals surface area contributed by atoms with E-state index in [0.29, 0.717) is 0 Å². The van der Waals surface area contributed by atoms with Gasteiger partial charge in [0.1, 0.15) is 23.7 Å². The maximum Gasteiger partial charge on any atom is 0.159 e. The summed E-state index contributed by atoms with van der Waals surface area (Å²) in [6.45, 7) is 1.92. The first-order chi connectivity index (χ1) is 8.08. The fourth-order valence-corrected chi connectivity index (χ4v) is 3.21. The van der Waals surface area contributed by atoms with E-state index in [0.717, 1.165) is 5.17 Å². The van der Waals surface area contributed by atoms with Gasteiger partial charge in [-0.3, -0.25) is 4.99 Å². The Balaban J connectivity index is 2.13. The highest BCUT2D eigenvalue weighted by molar-refractivity contribution is 8.14. The van der Waals surface area contributed by atoms with Crippen LogP contribution in [0.5, 0.6) is 0 Å². The summed E-state index contributed by atoms with van der Waals surface area (Å²) >= 11 is 1.45. The Bertz CT molecular complexity index is 315. The highest BCUT2D eigenvalue weighted by Gasteiger charge is 2.49. The average molecular weight is 261 g/mol. The first-order valence-electron chi connectivity index (χ1n) is 5.67. The van der Waals surface area contributed by atoms with Gasteiger partial charge >= 0.3 is 0 Å². The van der Waals surface area contributed by atoms with E-state index in [1.807, 2.05) is 6.92 Å². The van der Waals surface area contributed by atoms with Gasteiger partial charge in [0.25, 0.3) is 0 Å². The first kappa shape index (κ1) is 13.1. The molecule has 0 saturated carbocycles. The first-order valence-corrected chi connectivity index (χ1v) is 6.55. The Morgan fingerprint density at radius 2 is 2.18 bits per heavy atom. The summed E-state index contributed by atoms with van der Waals surface area (Å²) < 4.78 is 5.82. The number of aliphatic imine (C=N–C) groups is 1. The largest absolute Gasteiger partial charge is 0.388 e. The van der Waals surface area contributed by atoms with Crippen LogP contribution in [0, 0.1) is 0 Å². The van der Waals surface area contributed by atoms with Crippen LogP contribution in [-0.2, 0) is 4.74 Å². The molecule has 98 valence electrons. The van der Waals surface area contributed by atoms with Crippen LogP contribution in [0.2, 0.25) is 0 Å². The van der Waals surface area contributed by atoms with E-state index in [-0.39, 0.29) is 17.5 Å². The number of hydrogen-bond acceptors (Lipinski definition) is 6. The third kappa shape index (κ3) is 2.30. The minimum absolute atomic E-state index is 0.0242. The van der Waals surface area contributed by atoms with E-state index in [9.17, 15) is 10.2 Å². The quantitative estimate of drug-likeness (QED) is 0.496. The lowest BCUT2D eigenvalue weighted by molar-refractivity contribution is -0.163. The van der Waals surface area contributed by atoms with Gasteiger partial charge in [-0.2, -0.15) is 0 Å². The minimum atomic E-state index is -0.900. The highest BCUT2D eigenvalue weighted by atomic mass is 32.2. The Labute approximate surface area is 105 Å². The van der Waals surface area contributed by atoms with Gasteiger partial charge in [-0.1, -0.05) is 11.8 Å². The molecule has 7 heteroatoms. The summed E-state index contributed by atoms with van der Waals surface area (Å²) in [5.74, 6) is 0. The summed E-state index contributed by atoms with van der Waals surface area (Å²) in [6.07, 6.45) is -2.16. The van der Waals surface area contributed by atoms with Crippen molar-refractivity contribution < 1.29 is 14.9 Å². The van der Waals surface area contributed by atoms with Gasteiger partial charge in [0.05, 0.1) is 6.04 Å². The van der Waals surface area contributed by atoms with Gasteiger partial charge < -0.3 is 25.6 Å². The lowest BCUT2D eigenvalue weighted by Gasteiger charge is -2.41. The van der Waals surface area contributed by atoms with Gasteiger partial charge in [-0.15, -0.1) is 0 Å². The predicted octanol–water partition coefficient (Wildman–Crippen LogP) is -1.27. The topological polar surface area (TPSA) is 86.1 Å². The van der Waals surface area contributed by atoms with Gasteiger partial charge in [0.15, 0.2) is 5.17 Å². The van der Waals surface area contributed by atoms with Crippen molar-refractivity contribution >= 4 is 16.9 Å². The number of nitrogens with one attached hydrogen (secondary N) is 2. The Morgan fingerprint density at radius 3 is 2.76 bits per heavy atom. The fraction of sp³-hybridized carbons (Fsp3) is 0.900. The van der Waals surface area contributed by atoms with E-state index in [2.05, 4.69) is 15.6 Å². The SMILES string of the molecule is CN=C1N[C@@H]2[C@@H](O)[C@H](O)[C@@H]([C@H](C)NC)O[C@@H]2S1. The molecule has 2 saturated heterocycles. The fourth-order valence-electron chi connectivity index (χ4n) is 2.12. The summed E-state index contributed by atoms with van der Waals surface area (Å²) in [4.78, 5) is 4.04. The van der Waals surface area contributed by atoms with Crippen molar-refractivity contribution in [3.8, 4) is 0 Å². The lowest BCUT2D eigenvalue weighted by atomic mass is 9.94. The number of rotatable bonds is 2. The van der Waals surface area contributed by atoms with Crippen LogP contribution in [0.1, 0.15) is 6.92 Å². The van der Waals surface area contributed by atoms with Crippen molar-refractivity contribution in [3.05, 3.63) is 0 Å². The maximum absolute atomic E-state index is 10.1. The van der Waals surface area contributed by atoms with E-state index in [1.165, 1.54) is 11.8 Å². The van der Waals surface area contributed by atoms with Gasteiger partial charge in [-0.05, 0) is 14.0 Å². The third-order valence-electron chi connectivity index (χ3n) is 3.31. The van der Waals surface area contributed by atoms with Crippen molar-refractivity contribution in [2.75, 3.05) is 14.1 Å². The van der Waals surface area contributed by atoms with E-state index in [1.54, 1.807) is 14.1 Å². The molecule has 2 aliphatic rings. The summed E-state index contributed by atoms with van der Waals surface area (Å²) in [5, 5.41) is 27.0. The van der Waals surface area contributed by atoms with Crippen molar-refractivity contribution in [2.24, 2.45) is 4.99 Å². The Hall–Kier alpha value is -0.340. The zero-order chi connectivity index (χ0) is 12.6. The summed E-state index contributed by atoms with van der Waals surface area (Å²) in [7, 11) is 3.49. The molecule has 0 amide bonds. The molecule has 0 bridgehead atoms. The molecule has 0 aromatic heterocycles. The molecule has 2 fully saturated rings. The van der Waals surface area contributed by atoms with E-state index < -0.39 is 18.3 Å². The van der Waals surface area contributed by atoms with Gasteiger partial charge in [0.2, 0.25) is 0 Å². The summed E-state index contributed by atoms with van der Waals surface area (Å²) in [6, 6.07) is -0.321. The second-order valence-electron chi connectivity index (χ2n) is 4.34. The van der Waals surface area contributed by atoms with Crippen molar-refractivity contribution in [1.82, 2.24) is 10.6 Å². The monoisotopic (exact) mass is 261 g/mol. The standard InChI is InChI=1S/C10H19N3O3S/c1-4(11-2)8-7(15)6(14)5-9(16-8)17-10(12-3)13-5/h4-9,11,14-15H,1-3H3,(H,12,13)/t4-,5+,6+,7-,8+,9+/m0/s1. The number of nitrogens with zero attached hydrogens (tertiary/aromatic N) is 1. The molecule has 2 aliphatic heterocycles. The van der Waals surface area contributed by atoms with E-state index >= 15 is 0 Å². The van der Waals surface area contributed by atoms with Crippen LogP contribution in [0.25, 0.3) is 0 Å². The number of hydrogen-bond donors (Lipinski definition) is 4. The summed E-state index contributed by atoms with van der Waals surface area (Å²) in [5.41, 5.74) is -0.201. The number of amidine groups is 1. The van der Waals surface area contributed by atoms with Crippen molar-refractivity contribution in [3.63, 3.8) is 0 Å². The molecule has 0 aromatic carbocycles. The molecule has 6 atom stereocenters. The average Bonchev–Trinajstić information content (AvgIpc) is 2.76. The number of likely N-dealkylation sites (N-methyl/N-ethyl adjacent to an activating group) is 1. The van der Waals surface area contributed by atoms with Crippen LogP contribution in [-0.4, -0.2) is 65.3 Å². The molecular formula is C10H19N3O3S. The van der Waals surface area contributed by atoms with Crippen LogP contribution in [0.3, 0.4) is 0 Å². The third-order valence-corrected chi connectivity index (χ3v) is 4.47. The number of aliphatic hydroxyl groups excluding tert-OH is 2. The minimum Gasteiger partial charge on any atom is -0.388 e. The smallest absolute Gasteiger partial charge is 0.159 e. The molecule has 2 heterocycles. The highest BCUT2D eigenvalue weighted by Crippen LogP contribution is 2.34. The number of aliphatic hydroxyl groups is 2. The second-order valence-corrected chi connectivity index (χ2v) is 5.43. The van der Waals surface area contributed by atoms with Crippen molar-refractivity contribution in [1.29, 1.82) is 0 Å². The van der Waals surface area contributed by atoms with Crippen LogP contribution >= 0.6 is 11.8 Å². The molecule has 4 N–H and O–H groups in total. The normalized spacial score (nSPS) is 45.5. The Morgan fingerprint density at radius 1 is 1.47 bits per heavy atom. The predicted molar refractivity (Wildman–Crippen MR) is 67.1 cm³/mol. The molecular weight excluding hydrogens is 242 g/mol.